The molecule has 2 heterocycles. The molecule has 2 aliphatic rings. The molecule has 2 aliphatic heterocycles. The molecule has 13 heavy (non-hydrogen) atoms. The zero-order valence-corrected chi connectivity index (χ0v) is 9.18. The standard InChI is InChI=1S/C9H17NO.C2H6/c1-2-9-7-4-3-5-10-8(7)6-11-9;1-2/h7-10H,2-6H2,1H3;1-2H3. The Morgan fingerprint density at radius 3 is 2.85 bits per heavy atom. The maximum atomic E-state index is 5.69. The fraction of sp³-hybridized carbons (Fsp3) is 1.00. The van der Waals surface area contributed by atoms with Gasteiger partial charge in [0.15, 0.2) is 0 Å². The lowest BCUT2D eigenvalue weighted by Crippen LogP contribution is -2.41. The molecule has 3 unspecified atom stereocenters. The Morgan fingerprint density at radius 1 is 1.38 bits per heavy atom. The molecule has 78 valence electrons. The summed E-state index contributed by atoms with van der Waals surface area (Å²) < 4.78 is 5.69. The van der Waals surface area contributed by atoms with Gasteiger partial charge < -0.3 is 10.1 Å². The second-order valence-corrected chi connectivity index (χ2v) is 3.65. The molecule has 3 atom stereocenters. The van der Waals surface area contributed by atoms with Gasteiger partial charge >= 0.3 is 0 Å². The van der Waals surface area contributed by atoms with Gasteiger partial charge in [0.1, 0.15) is 0 Å². The molecular formula is C11H23NO. The van der Waals surface area contributed by atoms with E-state index in [9.17, 15) is 0 Å². The van der Waals surface area contributed by atoms with E-state index in [0.717, 1.165) is 12.5 Å². The van der Waals surface area contributed by atoms with Gasteiger partial charge in [-0.15, -0.1) is 0 Å². The Hall–Kier alpha value is -0.0800. The Bertz CT molecular complexity index is 132. The maximum absolute atomic E-state index is 5.69. The van der Waals surface area contributed by atoms with Crippen molar-refractivity contribution >= 4 is 0 Å². The smallest absolute Gasteiger partial charge is 0.0627 e. The van der Waals surface area contributed by atoms with Gasteiger partial charge in [-0.3, -0.25) is 0 Å². The molecule has 2 heteroatoms. The maximum Gasteiger partial charge on any atom is 0.0627 e. The lowest BCUT2D eigenvalue weighted by Gasteiger charge is -2.27. The summed E-state index contributed by atoms with van der Waals surface area (Å²) in [7, 11) is 0. The molecule has 2 rings (SSSR count). The third-order valence-electron chi connectivity index (χ3n) is 3.01. The lowest BCUT2D eigenvalue weighted by molar-refractivity contribution is 0.0855. The topological polar surface area (TPSA) is 21.3 Å². The van der Waals surface area contributed by atoms with E-state index in [2.05, 4.69) is 12.2 Å². The molecule has 1 N–H and O–H groups in total. The van der Waals surface area contributed by atoms with Crippen molar-refractivity contribution in [2.45, 2.75) is 52.2 Å². The fourth-order valence-corrected chi connectivity index (χ4v) is 2.38. The third kappa shape index (κ3) is 2.44. The van der Waals surface area contributed by atoms with E-state index >= 15 is 0 Å². The van der Waals surface area contributed by atoms with Gasteiger partial charge in [-0.25, -0.2) is 0 Å². The van der Waals surface area contributed by atoms with Crippen molar-refractivity contribution in [2.75, 3.05) is 13.2 Å². The quantitative estimate of drug-likeness (QED) is 0.676. The number of hydrogen-bond donors (Lipinski definition) is 1. The van der Waals surface area contributed by atoms with Gasteiger partial charge in [-0.05, 0) is 25.8 Å². The summed E-state index contributed by atoms with van der Waals surface area (Å²) in [4.78, 5) is 0. The summed E-state index contributed by atoms with van der Waals surface area (Å²) in [6.45, 7) is 8.37. The van der Waals surface area contributed by atoms with E-state index in [0.29, 0.717) is 12.1 Å². The number of ether oxygens (including phenoxy) is 1. The van der Waals surface area contributed by atoms with Crippen LogP contribution in [0.4, 0.5) is 0 Å². The van der Waals surface area contributed by atoms with Crippen molar-refractivity contribution in [1.29, 1.82) is 0 Å². The molecule has 0 aromatic carbocycles. The summed E-state index contributed by atoms with van der Waals surface area (Å²) in [5.41, 5.74) is 0. The fourth-order valence-electron chi connectivity index (χ4n) is 2.38. The summed E-state index contributed by atoms with van der Waals surface area (Å²) in [6, 6.07) is 0.675. The second-order valence-electron chi connectivity index (χ2n) is 3.65. The largest absolute Gasteiger partial charge is 0.376 e. The highest BCUT2D eigenvalue weighted by atomic mass is 16.5. The molecule has 2 fully saturated rings. The third-order valence-corrected chi connectivity index (χ3v) is 3.01. The minimum absolute atomic E-state index is 0.549. The van der Waals surface area contributed by atoms with Gasteiger partial charge in [0, 0.05) is 12.0 Å². The molecule has 2 saturated heterocycles. The average molecular weight is 185 g/mol. The highest BCUT2D eigenvalue weighted by Gasteiger charge is 2.36. The van der Waals surface area contributed by atoms with E-state index < -0.39 is 0 Å². The van der Waals surface area contributed by atoms with Crippen molar-refractivity contribution in [3.05, 3.63) is 0 Å². The van der Waals surface area contributed by atoms with E-state index in [1.54, 1.807) is 0 Å². The zero-order valence-electron chi connectivity index (χ0n) is 9.18. The molecule has 0 aromatic rings. The number of nitrogens with one attached hydrogen (secondary N) is 1. The van der Waals surface area contributed by atoms with Crippen LogP contribution in [0.25, 0.3) is 0 Å². The highest BCUT2D eigenvalue weighted by molar-refractivity contribution is 4.90. The zero-order chi connectivity index (χ0) is 9.68. The first kappa shape index (κ1) is 11.0. The van der Waals surface area contributed by atoms with E-state index in [4.69, 9.17) is 4.74 Å². The van der Waals surface area contributed by atoms with Crippen LogP contribution >= 0.6 is 0 Å². The molecule has 0 amide bonds. The molecule has 0 spiro atoms. The number of piperidine rings is 1. The van der Waals surface area contributed by atoms with Gasteiger partial charge in [0.25, 0.3) is 0 Å². The average Bonchev–Trinajstić information content (AvgIpc) is 2.64. The molecule has 0 saturated carbocycles. The van der Waals surface area contributed by atoms with Crippen LogP contribution in [-0.4, -0.2) is 25.3 Å². The van der Waals surface area contributed by atoms with Gasteiger partial charge in [-0.1, -0.05) is 20.8 Å². The van der Waals surface area contributed by atoms with Crippen molar-refractivity contribution in [1.82, 2.24) is 5.32 Å². The molecular weight excluding hydrogens is 162 g/mol. The van der Waals surface area contributed by atoms with E-state index in [1.807, 2.05) is 13.8 Å². The van der Waals surface area contributed by atoms with Crippen LogP contribution in [0.3, 0.4) is 0 Å². The van der Waals surface area contributed by atoms with E-state index in [1.165, 1.54) is 25.8 Å². The Labute approximate surface area is 82.0 Å². The van der Waals surface area contributed by atoms with Crippen LogP contribution in [0.2, 0.25) is 0 Å². The number of rotatable bonds is 1. The Morgan fingerprint density at radius 2 is 2.15 bits per heavy atom. The first-order chi connectivity index (χ1) is 6.42. The Kier molecular flexibility index (Phi) is 4.74. The summed E-state index contributed by atoms with van der Waals surface area (Å²) in [5, 5.41) is 3.52. The Balaban J connectivity index is 0.000000396. The first-order valence-electron chi connectivity index (χ1n) is 5.77. The monoisotopic (exact) mass is 185 g/mol. The molecule has 0 aromatic heterocycles. The van der Waals surface area contributed by atoms with Gasteiger partial charge in [0.2, 0.25) is 0 Å². The molecule has 2 nitrogen and oxygen atoms in total. The minimum atomic E-state index is 0.549. The van der Waals surface area contributed by atoms with Gasteiger partial charge in [0.05, 0.1) is 12.7 Å². The van der Waals surface area contributed by atoms with E-state index in [-0.39, 0.29) is 0 Å². The van der Waals surface area contributed by atoms with Crippen LogP contribution in [0.5, 0.6) is 0 Å². The minimum Gasteiger partial charge on any atom is -0.376 e. The number of fused-ring (bicyclic) bond motifs is 1. The van der Waals surface area contributed by atoms with Crippen LogP contribution in [0.1, 0.15) is 40.0 Å². The second kappa shape index (κ2) is 5.61. The molecule has 0 aliphatic carbocycles. The number of hydrogen-bond acceptors (Lipinski definition) is 2. The summed E-state index contributed by atoms with van der Waals surface area (Å²) in [5.74, 6) is 0.814. The SMILES string of the molecule is CC.CCC1OCC2NCCCC21. The predicted molar refractivity (Wildman–Crippen MR) is 55.9 cm³/mol. The predicted octanol–water partition coefficient (Wildman–Crippen LogP) is 2.19. The van der Waals surface area contributed by atoms with Crippen LogP contribution in [0.15, 0.2) is 0 Å². The first-order valence-corrected chi connectivity index (χ1v) is 5.77. The van der Waals surface area contributed by atoms with Crippen molar-refractivity contribution < 1.29 is 4.74 Å². The van der Waals surface area contributed by atoms with Crippen molar-refractivity contribution in [3.8, 4) is 0 Å². The normalized spacial score (nSPS) is 37.6. The van der Waals surface area contributed by atoms with Crippen molar-refractivity contribution in [2.24, 2.45) is 5.92 Å². The summed E-state index contributed by atoms with van der Waals surface area (Å²) >= 11 is 0. The van der Waals surface area contributed by atoms with Crippen molar-refractivity contribution in [3.63, 3.8) is 0 Å². The lowest BCUT2D eigenvalue weighted by atomic mass is 9.88. The van der Waals surface area contributed by atoms with Gasteiger partial charge in [-0.2, -0.15) is 0 Å². The van der Waals surface area contributed by atoms with Crippen LogP contribution in [-0.2, 0) is 4.74 Å². The summed E-state index contributed by atoms with van der Waals surface area (Å²) in [6.07, 6.45) is 4.44. The highest BCUT2D eigenvalue weighted by Crippen LogP contribution is 2.30. The van der Waals surface area contributed by atoms with Crippen LogP contribution < -0.4 is 5.32 Å². The molecule has 0 radical (unpaired) electrons. The molecule has 0 bridgehead atoms. The van der Waals surface area contributed by atoms with Crippen LogP contribution in [0, 0.1) is 5.92 Å².